The molecule has 0 aliphatic heterocycles. The topological polar surface area (TPSA) is 74.6 Å². The number of carbonyl (C=O) groups excluding carboxylic acids is 1. The van der Waals surface area contributed by atoms with Crippen molar-refractivity contribution in [2.75, 3.05) is 14.2 Å². The summed E-state index contributed by atoms with van der Waals surface area (Å²) in [6.07, 6.45) is 1.77. The molecule has 9 heteroatoms. The van der Waals surface area contributed by atoms with Crippen LogP contribution in [0.4, 0.5) is 0 Å². The van der Waals surface area contributed by atoms with Gasteiger partial charge >= 0.3 is 5.97 Å². The lowest BCUT2D eigenvalue weighted by Gasteiger charge is -2.20. The summed E-state index contributed by atoms with van der Waals surface area (Å²) in [4.78, 5) is 12.1. The van der Waals surface area contributed by atoms with E-state index < -0.39 is 21.4 Å². The maximum absolute atomic E-state index is 13.4. The summed E-state index contributed by atoms with van der Waals surface area (Å²) in [6, 6.07) is 9.29. The molecule has 0 saturated carbocycles. The highest BCUT2D eigenvalue weighted by Gasteiger charge is 2.32. The molecule has 160 valence electrons. The normalized spacial score (nSPS) is 12.2. The van der Waals surface area contributed by atoms with Crippen LogP contribution in [0, 0.1) is 5.41 Å². The summed E-state index contributed by atoms with van der Waals surface area (Å²) in [5, 5.41) is 1.01. The second kappa shape index (κ2) is 8.13. The number of benzene rings is 2. The van der Waals surface area contributed by atoms with Crippen molar-refractivity contribution in [2.45, 2.75) is 25.2 Å². The van der Waals surface area contributed by atoms with Gasteiger partial charge in [-0.25, -0.2) is 12.4 Å². The molecular formula is C21H21Cl2NO5S. The monoisotopic (exact) mass is 469 g/mol. The lowest BCUT2D eigenvalue weighted by Crippen LogP contribution is -2.27. The Kier molecular flexibility index (Phi) is 6.09. The number of hydrogen-bond acceptors (Lipinski definition) is 5. The van der Waals surface area contributed by atoms with Gasteiger partial charge in [0.2, 0.25) is 0 Å². The van der Waals surface area contributed by atoms with E-state index in [0.29, 0.717) is 27.2 Å². The van der Waals surface area contributed by atoms with Crippen LogP contribution < -0.4 is 4.74 Å². The van der Waals surface area contributed by atoms with Crippen LogP contribution in [0.5, 0.6) is 5.75 Å². The van der Waals surface area contributed by atoms with E-state index in [4.69, 9.17) is 32.7 Å². The Labute approximate surface area is 185 Å². The predicted octanol–water partition coefficient (Wildman–Crippen LogP) is 4.94. The maximum atomic E-state index is 13.4. The smallest absolute Gasteiger partial charge is 0.311 e. The molecule has 0 saturated heterocycles. The summed E-state index contributed by atoms with van der Waals surface area (Å²) < 4.78 is 38.2. The van der Waals surface area contributed by atoms with Crippen LogP contribution in [-0.2, 0) is 26.0 Å². The maximum Gasteiger partial charge on any atom is 0.311 e. The molecule has 0 amide bonds. The number of aromatic nitrogens is 1. The number of fused-ring (bicyclic) bond motifs is 1. The Morgan fingerprint density at radius 3 is 2.40 bits per heavy atom. The van der Waals surface area contributed by atoms with Crippen molar-refractivity contribution in [1.82, 2.24) is 3.97 Å². The Balaban J connectivity index is 2.24. The highest BCUT2D eigenvalue weighted by atomic mass is 35.5. The lowest BCUT2D eigenvalue weighted by atomic mass is 9.86. The number of ether oxygens (including phenoxy) is 2. The zero-order chi connectivity index (χ0) is 22.3. The van der Waals surface area contributed by atoms with Crippen LogP contribution in [0.2, 0.25) is 10.0 Å². The molecule has 1 aromatic heterocycles. The summed E-state index contributed by atoms with van der Waals surface area (Å²) in [5.74, 6) is 0.175. The summed E-state index contributed by atoms with van der Waals surface area (Å²) in [5.41, 5.74) is 0.240. The number of rotatable bonds is 6. The molecule has 0 spiro atoms. The number of carbonyl (C=O) groups is 1. The third-order valence-electron chi connectivity index (χ3n) is 4.86. The Bertz CT molecular complexity index is 1230. The van der Waals surface area contributed by atoms with Crippen molar-refractivity contribution >= 4 is 50.1 Å². The van der Waals surface area contributed by atoms with E-state index in [1.54, 1.807) is 32.0 Å². The quantitative estimate of drug-likeness (QED) is 0.478. The Morgan fingerprint density at radius 2 is 1.80 bits per heavy atom. The molecule has 2 aromatic carbocycles. The number of hydrogen-bond donors (Lipinski definition) is 0. The number of methoxy groups -OCH3 is 2. The summed E-state index contributed by atoms with van der Waals surface area (Å²) in [6.45, 7) is 3.49. The van der Waals surface area contributed by atoms with Crippen LogP contribution in [0.1, 0.15) is 19.4 Å². The molecule has 6 nitrogen and oxygen atoms in total. The lowest BCUT2D eigenvalue weighted by molar-refractivity contribution is -0.150. The van der Waals surface area contributed by atoms with Crippen LogP contribution in [0.15, 0.2) is 47.5 Å². The first-order chi connectivity index (χ1) is 14.0. The molecule has 0 N–H and O–H groups in total. The summed E-state index contributed by atoms with van der Waals surface area (Å²) >= 11 is 12.1. The molecule has 0 aliphatic carbocycles. The van der Waals surface area contributed by atoms with E-state index in [9.17, 15) is 13.2 Å². The van der Waals surface area contributed by atoms with Gasteiger partial charge in [0.1, 0.15) is 10.6 Å². The number of esters is 1. The fraction of sp³-hybridized carbons (Fsp3) is 0.286. The van der Waals surface area contributed by atoms with E-state index in [0.717, 1.165) is 0 Å². The fourth-order valence-electron chi connectivity index (χ4n) is 3.33. The first kappa shape index (κ1) is 22.5. The Hall–Kier alpha value is -2.22. The van der Waals surface area contributed by atoms with Gasteiger partial charge in [0.05, 0.1) is 30.2 Å². The first-order valence-corrected chi connectivity index (χ1v) is 11.2. The molecule has 0 unspecified atom stereocenters. The van der Waals surface area contributed by atoms with Gasteiger partial charge in [-0.2, -0.15) is 0 Å². The average Bonchev–Trinajstić information content (AvgIpc) is 3.04. The SMILES string of the molecule is COC(=O)C(C)(C)Cc1cn(S(=O)(=O)c2ccc(Cl)cc2Cl)c2ccc(OC)cc12. The van der Waals surface area contributed by atoms with Gasteiger partial charge in [0.15, 0.2) is 0 Å². The van der Waals surface area contributed by atoms with Crippen molar-refractivity contribution in [3.8, 4) is 5.75 Å². The average molecular weight is 470 g/mol. The largest absolute Gasteiger partial charge is 0.497 e. The standard InChI is InChI=1S/C21H21Cl2NO5S/c1-21(2,20(25)29-4)11-13-12-24(18-7-6-15(28-3)10-16(13)18)30(26,27)19-8-5-14(22)9-17(19)23/h5-10,12H,11H2,1-4H3. The molecule has 3 rings (SSSR count). The van der Waals surface area contributed by atoms with E-state index in [1.165, 1.54) is 42.6 Å². The number of halogens is 2. The van der Waals surface area contributed by atoms with Gasteiger partial charge in [-0.05, 0) is 62.2 Å². The minimum atomic E-state index is -4.02. The molecule has 0 fully saturated rings. The first-order valence-electron chi connectivity index (χ1n) is 8.98. The van der Waals surface area contributed by atoms with Gasteiger partial charge in [0, 0.05) is 16.6 Å². The molecular weight excluding hydrogens is 449 g/mol. The van der Waals surface area contributed by atoms with Gasteiger partial charge in [0.25, 0.3) is 10.0 Å². The molecule has 1 heterocycles. The van der Waals surface area contributed by atoms with Crippen molar-refractivity contribution in [2.24, 2.45) is 5.41 Å². The van der Waals surface area contributed by atoms with E-state index in [-0.39, 0.29) is 16.3 Å². The highest BCUT2D eigenvalue weighted by molar-refractivity contribution is 7.90. The minimum absolute atomic E-state index is 0.0225. The summed E-state index contributed by atoms with van der Waals surface area (Å²) in [7, 11) is -1.17. The van der Waals surface area contributed by atoms with Crippen LogP contribution in [-0.4, -0.2) is 32.6 Å². The fourth-order valence-corrected chi connectivity index (χ4v) is 5.47. The molecule has 3 aromatic rings. The van der Waals surface area contributed by atoms with Crippen molar-refractivity contribution in [1.29, 1.82) is 0 Å². The van der Waals surface area contributed by atoms with Gasteiger partial charge in [-0.1, -0.05) is 23.2 Å². The number of nitrogens with zero attached hydrogens (tertiary/aromatic N) is 1. The second-order valence-corrected chi connectivity index (χ2v) is 10.1. The van der Waals surface area contributed by atoms with Crippen LogP contribution in [0.25, 0.3) is 10.9 Å². The van der Waals surface area contributed by atoms with Crippen molar-refractivity contribution in [3.05, 3.63) is 58.2 Å². The van der Waals surface area contributed by atoms with Gasteiger partial charge in [-0.3, -0.25) is 4.79 Å². The van der Waals surface area contributed by atoms with E-state index in [1.807, 2.05) is 0 Å². The predicted molar refractivity (Wildman–Crippen MR) is 117 cm³/mol. The zero-order valence-corrected chi connectivity index (χ0v) is 19.2. The van der Waals surface area contributed by atoms with Crippen LogP contribution in [0.3, 0.4) is 0 Å². The highest BCUT2D eigenvalue weighted by Crippen LogP contribution is 2.35. The van der Waals surface area contributed by atoms with Gasteiger partial charge in [-0.15, -0.1) is 0 Å². The van der Waals surface area contributed by atoms with E-state index in [2.05, 4.69) is 0 Å². The van der Waals surface area contributed by atoms with Crippen molar-refractivity contribution < 1.29 is 22.7 Å². The zero-order valence-electron chi connectivity index (χ0n) is 16.9. The third kappa shape index (κ3) is 4.02. The third-order valence-corrected chi connectivity index (χ3v) is 7.25. The molecule has 0 aliphatic rings. The molecule has 0 bridgehead atoms. The van der Waals surface area contributed by atoms with Crippen molar-refractivity contribution in [3.63, 3.8) is 0 Å². The molecule has 0 atom stereocenters. The van der Waals surface area contributed by atoms with E-state index >= 15 is 0 Å². The second-order valence-electron chi connectivity index (χ2n) is 7.47. The molecule has 30 heavy (non-hydrogen) atoms. The Morgan fingerprint density at radius 1 is 1.10 bits per heavy atom. The molecule has 0 radical (unpaired) electrons. The van der Waals surface area contributed by atoms with Gasteiger partial charge < -0.3 is 9.47 Å². The minimum Gasteiger partial charge on any atom is -0.497 e. The van der Waals surface area contributed by atoms with Crippen LogP contribution >= 0.6 is 23.2 Å².